The molecular formula is C24H40N2O4. The Hall–Kier alpha value is -2.08. The smallest absolute Gasteiger partial charge is 0.414 e. The van der Waals surface area contributed by atoms with Gasteiger partial charge in [0.25, 0.3) is 0 Å². The fourth-order valence-electron chi connectivity index (χ4n) is 3.13. The molecule has 0 aliphatic carbocycles. The van der Waals surface area contributed by atoms with Gasteiger partial charge in [-0.1, -0.05) is 39.3 Å². The number of amides is 1. The van der Waals surface area contributed by atoms with Crippen molar-refractivity contribution in [3.05, 3.63) is 29.8 Å². The monoisotopic (exact) mass is 420 g/mol. The zero-order valence-corrected chi connectivity index (χ0v) is 20.0. The van der Waals surface area contributed by atoms with Crippen molar-refractivity contribution in [2.75, 3.05) is 32.1 Å². The number of carbonyl (C=O) groups is 2. The quantitative estimate of drug-likeness (QED) is 0.398. The molecule has 1 rings (SSSR count). The van der Waals surface area contributed by atoms with Crippen LogP contribution in [0.2, 0.25) is 0 Å². The molecule has 1 aromatic carbocycles. The molecule has 0 radical (unpaired) electrons. The number of rotatable bonds is 10. The van der Waals surface area contributed by atoms with E-state index in [0.29, 0.717) is 6.61 Å². The lowest BCUT2D eigenvalue weighted by atomic mass is 10.0. The van der Waals surface area contributed by atoms with Gasteiger partial charge < -0.3 is 9.47 Å². The number of anilines is 1. The minimum Gasteiger partial charge on any atom is -0.465 e. The van der Waals surface area contributed by atoms with Gasteiger partial charge in [0.2, 0.25) is 0 Å². The molecule has 0 aromatic heterocycles. The molecule has 0 N–H and O–H groups in total. The van der Waals surface area contributed by atoms with Crippen molar-refractivity contribution in [2.45, 2.75) is 72.4 Å². The summed E-state index contributed by atoms with van der Waals surface area (Å²) in [5.41, 5.74) is 1.39. The number of hydrogen-bond acceptors (Lipinski definition) is 5. The molecule has 0 unspecified atom stereocenters. The first-order chi connectivity index (χ1) is 14.0. The summed E-state index contributed by atoms with van der Waals surface area (Å²) in [6.07, 6.45) is 2.33. The molecule has 0 aliphatic heterocycles. The molecule has 1 atom stereocenters. The summed E-state index contributed by atoms with van der Waals surface area (Å²) in [5.74, 6) is 0.0317. The maximum Gasteiger partial charge on any atom is 0.414 e. The van der Waals surface area contributed by atoms with Crippen LogP contribution in [-0.4, -0.2) is 55.9 Å². The first-order valence-corrected chi connectivity index (χ1v) is 10.9. The van der Waals surface area contributed by atoms with Crippen LogP contribution in [0.1, 0.15) is 59.9 Å². The Balaban J connectivity index is 2.66. The molecule has 1 aromatic rings. The van der Waals surface area contributed by atoms with E-state index in [1.807, 2.05) is 65.9 Å². The molecule has 170 valence electrons. The Morgan fingerprint density at radius 1 is 1.07 bits per heavy atom. The van der Waals surface area contributed by atoms with E-state index in [1.165, 1.54) is 4.90 Å². The molecule has 30 heavy (non-hydrogen) atoms. The predicted molar refractivity (Wildman–Crippen MR) is 122 cm³/mol. The molecule has 0 heterocycles. The fraction of sp³-hybridized carbons (Fsp3) is 0.667. The van der Waals surface area contributed by atoms with Crippen molar-refractivity contribution in [1.29, 1.82) is 0 Å². The number of carbonyl (C=O) groups excluding carboxylic acids is 2. The number of hydrogen-bond donors (Lipinski definition) is 0. The molecule has 0 saturated carbocycles. The molecular weight excluding hydrogens is 380 g/mol. The number of benzene rings is 1. The van der Waals surface area contributed by atoms with Crippen molar-refractivity contribution in [2.24, 2.45) is 5.92 Å². The number of ether oxygens (including phenoxy) is 2. The lowest BCUT2D eigenvalue weighted by Gasteiger charge is -2.29. The third-order valence-corrected chi connectivity index (χ3v) is 4.83. The summed E-state index contributed by atoms with van der Waals surface area (Å²) in [7, 11) is 3.67. The van der Waals surface area contributed by atoms with Gasteiger partial charge in [0, 0.05) is 19.3 Å². The van der Waals surface area contributed by atoms with Gasteiger partial charge in [-0.2, -0.15) is 0 Å². The average molecular weight is 421 g/mol. The van der Waals surface area contributed by atoms with Crippen LogP contribution in [0.4, 0.5) is 10.5 Å². The predicted octanol–water partition coefficient (Wildman–Crippen LogP) is 4.90. The van der Waals surface area contributed by atoms with Gasteiger partial charge >= 0.3 is 12.1 Å². The molecule has 0 spiro atoms. The van der Waals surface area contributed by atoms with Crippen LogP contribution in [0.15, 0.2) is 24.3 Å². The summed E-state index contributed by atoms with van der Waals surface area (Å²) in [6.45, 7) is 12.9. The Morgan fingerprint density at radius 3 is 2.17 bits per heavy atom. The Kier molecular flexibility index (Phi) is 10.3. The number of likely N-dealkylation sites (N-methyl/N-ethyl adjacent to an activating group) is 1. The van der Waals surface area contributed by atoms with Gasteiger partial charge in [0.15, 0.2) is 0 Å². The second-order valence-corrected chi connectivity index (χ2v) is 9.15. The molecule has 0 saturated heterocycles. The summed E-state index contributed by atoms with van der Waals surface area (Å²) in [4.78, 5) is 28.3. The van der Waals surface area contributed by atoms with Gasteiger partial charge in [0.05, 0.1) is 6.61 Å². The Labute approximate surface area is 182 Å². The topological polar surface area (TPSA) is 59.1 Å². The fourth-order valence-corrected chi connectivity index (χ4v) is 3.13. The highest BCUT2D eigenvalue weighted by Crippen LogP contribution is 2.19. The average Bonchev–Trinajstić information content (AvgIpc) is 2.65. The standard InChI is InChI=1S/C24H40N2O4/c1-9-10-17-29-22(27)21(18(2)3)25(7)16-15-19-11-13-20(14-12-19)26(8)23(28)30-24(4,5)6/h11-14,18,21H,9-10,15-17H2,1-8H3/t21-/m0/s1. The lowest BCUT2D eigenvalue weighted by Crippen LogP contribution is -2.44. The van der Waals surface area contributed by atoms with Gasteiger partial charge in [-0.05, 0) is 64.3 Å². The summed E-state index contributed by atoms with van der Waals surface area (Å²) < 4.78 is 10.9. The second kappa shape index (κ2) is 11.9. The van der Waals surface area contributed by atoms with E-state index in [0.717, 1.165) is 37.1 Å². The van der Waals surface area contributed by atoms with Crippen LogP contribution in [0.25, 0.3) is 0 Å². The molecule has 0 aliphatic rings. The Bertz CT molecular complexity index is 665. The van der Waals surface area contributed by atoms with Crippen molar-refractivity contribution in [1.82, 2.24) is 4.90 Å². The third-order valence-electron chi connectivity index (χ3n) is 4.83. The maximum absolute atomic E-state index is 12.5. The third kappa shape index (κ3) is 8.74. The first kappa shape index (κ1) is 26.0. The van der Waals surface area contributed by atoms with Crippen LogP contribution in [0.3, 0.4) is 0 Å². The zero-order valence-electron chi connectivity index (χ0n) is 20.0. The molecule has 0 fully saturated rings. The SMILES string of the molecule is CCCCOC(=O)[C@H](C(C)C)N(C)CCc1ccc(N(C)C(=O)OC(C)(C)C)cc1. The van der Waals surface area contributed by atoms with Gasteiger partial charge in [-0.3, -0.25) is 14.6 Å². The van der Waals surface area contributed by atoms with Crippen LogP contribution < -0.4 is 4.90 Å². The van der Waals surface area contributed by atoms with Crippen LogP contribution in [0, 0.1) is 5.92 Å². The highest BCUT2D eigenvalue weighted by molar-refractivity contribution is 5.87. The van der Waals surface area contributed by atoms with Crippen molar-refractivity contribution in [3.63, 3.8) is 0 Å². The number of nitrogens with zero attached hydrogens (tertiary/aromatic N) is 2. The highest BCUT2D eigenvalue weighted by Gasteiger charge is 2.27. The minimum absolute atomic E-state index is 0.143. The van der Waals surface area contributed by atoms with E-state index >= 15 is 0 Å². The zero-order chi connectivity index (χ0) is 22.9. The van der Waals surface area contributed by atoms with E-state index in [4.69, 9.17) is 9.47 Å². The molecule has 0 bridgehead atoms. The van der Waals surface area contributed by atoms with Crippen molar-refractivity contribution < 1.29 is 19.1 Å². The van der Waals surface area contributed by atoms with E-state index < -0.39 is 5.60 Å². The molecule has 6 nitrogen and oxygen atoms in total. The minimum atomic E-state index is -0.527. The van der Waals surface area contributed by atoms with Crippen LogP contribution in [0.5, 0.6) is 0 Å². The van der Waals surface area contributed by atoms with Crippen LogP contribution in [-0.2, 0) is 20.7 Å². The normalized spacial score (nSPS) is 12.7. The highest BCUT2D eigenvalue weighted by atomic mass is 16.6. The van der Waals surface area contributed by atoms with E-state index in [-0.39, 0.29) is 24.0 Å². The van der Waals surface area contributed by atoms with E-state index in [2.05, 4.69) is 11.8 Å². The van der Waals surface area contributed by atoms with Gasteiger partial charge in [-0.15, -0.1) is 0 Å². The van der Waals surface area contributed by atoms with E-state index in [9.17, 15) is 9.59 Å². The first-order valence-electron chi connectivity index (χ1n) is 10.9. The largest absolute Gasteiger partial charge is 0.465 e. The van der Waals surface area contributed by atoms with Crippen molar-refractivity contribution in [3.8, 4) is 0 Å². The summed E-state index contributed by atoms with van der Waals surface area (Å²) in [5, 5.41) is 0. The van der Waals surface area contributed by atoms with Gasteiger partial charge in [0.1, 0.15) is 11.6 Å². The Morgan fingerprint density at radius 2 is 1.67 bits per heavy atom. The summed E-state index contributed by atoms with van der Waals surface area (Å²) >= 11 is 0. The summed E-state index contributed by atoms with van der Waals surface area (Å²) in [6, 6.07) is 7.60. The molecule has 1 amide bonds. The number of unbranched alkanes of at least 4 members (excludes halogenated alkanes) is 1. The van der Waals surface area contributed by atoms with Gasteiger partial charge in [-0.25, -0.2) is 4.79 Å². The van der Waals surface area contributed by atoms with Crippen LogP contribution >= 0.6 is 0 Å². The van der Waals surface area contributed by atoms with E-state index in [1.54, 1.807) is 7.05 Å². The lowest BCUT2D eigenvalue weighted by molar-refractivity contribution is -0.151. The number of esters is 1. The second-order valence-electron chi connectivity index (χ2n) is 9.15. The maximum atomic E-state index is 12.5. The molecule has 6 heteroatoms. The van der Waals surface area contributed by atoms with Crippen molar-refractivity contribution >= 4 is 17.7 Å².